The SMILES string of the molecule is COC(=O)C(CN)N1CCCOC(C)C1. The number of nitrogens with zero attached hydrogens (tertiary/aromatic N) is 1. The van der Waals surface area contributed by atoms with Gasteiger partial charge in [0.25, 0.3) is 0 Å². The monoisotopic (exact) mass is 216 g/mol. The number of rotatable bonds is 3. The Labute approximate surface area is 90.5 Å². The summed E-state index contributed by atoms with van der Waals surface area (Å²) in [6.07, 6.45) is 1.07. The summed E-state index contributed by atoms with van der Waals surface area (Å²) in [6.45, 7) is 4.61. The quantitative estimate of drug-likeness (QED) is 0.650. The van der Waals surface area contributed by atoms with Crippen molar-refractivity contribution in [2.24, 2.45) is 5.73 Å². The predicted molar refractivity (Wildman–Crippen MR) is 56.5 cm³/mol. The smallest absolute Gasteiger partial charge is 0.324 e. The van der Waals surface area contributed by atoms with Crippen LogP contribution in [0.25, 0.3) is 0 Å². The average Bonchev–Trinajstić information content (AvgIpc) is 2.44. The Kier molecular flexibility index (Phi) is 5.01. The van der Waals surface area contributed by atoms with E-state index in [0.29, 0.717) is 6.54 Å². The number of hydrogen-bond donors (Lipinski definition) is 1. The minimum Gasteiger partial charge on any atom is -0.468 e. The Morgan fingerprint density at radius 1 is 1.73 bits per heavy atom. The number of methoxy groups -OCH3 is 1. The van der Waals surface area contributed by atoms with Crippen molar-refractivity contribution in [3.63, 3.8) is 0 Å². The number of hydrogen-bond acceptors (Lipinski definition) is 5. The lowest BCUT2D eigenvalue weighted by Gasteiger charge is -2.28. The summed E-state index contributed by atoms with van der Waals surface area (Å²) in [5.41, 5.74) is 5.59. The first-order valence-corrected chi connectivity index (χ1v) is 5.32. The number of ether oxygens (including phenoxy) is 2. The molecule has 2 atom stereocenters. The Morgan fingerprint density at radius 3 is 3.07 bits per heavy atom. The van der Waals surface area contributed by atoms with Gasteiger partial charge in [0.05, 0.1) is 13.2 Å². The van der Waals surface area contributed by atoms with Gasteiger partial charge in [-0.1, -0.05) is 0 Å². The standard InChI is InChI=1S/C10H20N2O3/c1-8-7-12(4-3-5-15-8)9(6-11)10(13)14-2/h8-9H,3-7,11H2,1-2H3. The number of carbonyl (C=O) groups is 1. The fourth-order valence-electron chi connectivity index (χ4n) is 1.84. The average molecular weight is 216 g/mol. The molecular formula is C10H20N2O3. The molecule has 0 aromatic rings. The topological polar surface area (TPSA) is 64.8 Å². The third-order valence-corrected chi connectivity index (χ3v) is 2.62. The maximum Gasteiger partial charge on any atom is 0.324 e. The summed E-state index contributed by atoms with van der Waals surface area (Å²) < 4.78 is 10.2. The van der Waals surface area contributed by atoms with E-state index in [4.69, 9.17) is 15.2 Å². The third-order valence-electron chi connectivity index (χ3n) is 2.62. The van der Waals surface area contributed by atoms with Crippen LogP contribution < -0.4 is 5.73 Å². The highest BCUT2D eigenvalue weighted by molar-refractivity contribution is 5.75. The Hall–Kier alpha value is -0.650. The van der Waals surface area contributed by atoms with Gasteiger partial charge >= 0.3 is 5.97 Å². The summed E-state index contributed by atoms with van der Waals surface area (Å²) in [7, 11) is 1.39. The van der Waals surface area contributed by atoms with Crippen LogP contribution in [0.3, 0.4) is 0 Å². The van der Waals surface area contributed by atoms with Gasteiger partial charge in [0.15, 0.2) is 0 Å². The summed E-state index contributed by atoms with van der Waals surface area (Å²) >= 11 is 0. The number of carbonyl (C=O) groups excluding carboxylic acids is 1. The van der Waals surface area contributed by atoms with Crippen LogP contribution in [-0.4, -0.2) is 56.4 Å². The Balaban J connectivity index is 2.60. The molecule has 0 aromatic heterocycles. The molecular weight excluding hydrogens is 196 g/mol. The van der Waals surface area contributed by atoms with Gasteiger partial charge in [-0.25, -0.2) is 0 Å². The van der Waals surface area contributed by atoms with E-state index in [2.05, 4.69) is 0 Å². The molecule has 0 aromatic carbocycles. The number of nitrogens with two attached hydrogens (primary N) is 1. The maximum atomic E-state index is 11.5. The van der Waals surface area contributed by atoms with Crippen LogP contribution in [0.1, 0.15) is 13.3 Å². The zero-order valence-corrected chi connectivity index (χ0v) is 9.44. The number of esters is 1. The van der Waals surface area contributed by atoms with Gasteiger partial charge in [-0.2, -0.15) is 0 Å². The van der Waals surface area contributed by atoms with Crippen molar-refractivity contribution < 1.29 is 14.3 Å². The molecule has 0 radical (unpaired) electrons. The summed E-state index contributed by atoms with van der Waals surface area (Å²) in [6, 6.07) is -0.334. The molecule has 0 amide bonds. The molecule has 2 unspecified atom stereocenters. The molecule has 0 saturated carbocycles. The molecule has 0 aliphatic carbocycles. The molecule has 1 saturated heterocycles. The van der Waals surface area contributed by atoms with Gasteiger partial charge in [-0.05, 0) is 13.3 Å². The molecule has 2 N–H and O–H groups in total. The first-order chi connectivity index (χ1) is 7.19. The fraction of sp³-hybridized carbons (Fsp3) is 0.900. The molecule has 88 valence electrons. The summed E-state index contributed by atoms with van der Waals surface area (Å²) in [5.74, 6) is -0.258. The van der Waals surface area contributed by atoms with Crippen molar-refractivity contribution in [3.8, 4) is 0 Å². The highest BCUT2D eigenvalue weighted by Crippen LogP contribution is 2.09. The molecule has 1 aliphatic rings. The van der Waals surface area contributed by atoms with Crippen LogP contribution in [0.5, 0.6) is 0 Å². The lowest BCUT2D eigenvalue weighted by atomic mass is 10.2. The Bertz CT molecular complexity index is 211. The van der Waals surface area contributed by atoms with Crippen molar-refractivity contribution in [2.75, 3.05) is 33.4 Å². The van der Waals surface area contributed by atoms with Crippen LogP contribution in [0.4, 0.5) is 0 Å². The summed E-state index contributed by atoms with van der Waals surface area (Å²) in [5, 5.41) is 0. The third kappa shape index (κ3) is 3.44. The second kappa shape index (κ2) is 6.05. The molecule has 1 fully saturated rings. The van der Waals surface area contributed by atoms with Gasteiger partial charge in [0, 0.05) is 26.2 Å². The maximum absolute atomic E-state index is 11.5. The van der Waals surface area contributed by atoms with Gasteiger partial charge in [0.2, 0.25) is 0 Å². The lowest BCUT2D eigenvalue weighted by molar-refractivity contribution is -0.146. The van der Waals surface area contributed by atoms with E-state index >= 15 is 0 Å². The molecule has 1 heterocycles. The van der Waals surface area contributed by atoms with Crippen LogP contribution in [0.15, 0.2) is 0 Å². The first kappa shape index (κ1) is 12.4. The van der Waals surface area contributed by atoms with Crippen LogP contribution in [0.2, 0.25) is 0 Å². The summed E-state index contributed by atoms with van der Waals surface area (Å²) in [4.78, 5) is 13.5. The lowest BCUT2D eigenvalue weighted by Crippen LogP contribution is -2.48. The van der Waals surface area contributed by atoms with Crippen LogP contribution >= 0.6 is 0 Å². The highest BCUT2D eigenvalue weighted by Gasteiger charge is 2.27. The van der Waals surface area contributed by atoms with Gasteiger partial charge in [-0.3, -0.25) is 9.69 Å². The van der Waals surface area contributed by atoms with Crippen molar-refractivity contribution in [3.05, 3.63) is 0 Å². The molecule has 15 heavy (non-hydrogen) atoms. The minimum atomic E-state index is -0.334. The van der Waals surface area contributed by atoms with E-state index < -0.39 is 0 Å². The van der Waals surface area contributed by atoms with E-state index in [1.807, 2.05) is 11.8 Å². The molecule has 1 rings (SSSR count). The highest BCUT2D eigenvalue weighted by atomic mass is 16.5. The predicted octanol–water partition coefficient (Wildman–Crippen LogP) is -0.402. The van der Waals surface area contributed by atoms with E-state index in [1.165, 1.54) is 7.11 Å². The normalized spacial score (nSPS) is 25.7. The van der Waals surface area contributed by atoms with E-state index in [-0.39, 0.29) is 18.1 Å². The second-order valence-corrected chi connectivity index (χ2v) is 3.80. The van der Waals surface area contributed by atoms with E-state index in [1.54, 1.807) is 0 Å². The Morgan fingerprint density at radius 2 is 2.47 bits per heavy atom. The fourth-order valence-corrected chi connectivity index (χ4v) is 1.84. The molecule has 1 aliphatic heterocycles. The van der Waals surface area contributed by atoms with Crippen LogP contribution in [0, 0.1) is 0 Å². The molecule has 0 bridgehead atoms. The van der Waals surface area contributed by atoms with Crippen molar-refractivity contribution in [2.45, 2.75) is 25.5 Å². The van der Waals surface area contributed by atoms with E-state index in [0.717, 1.165) is 26.1 Å². The molecule has 5 heteroatoms. The van der Waals surface area contributed by atoms with Crippen molar-refractivity contribution in [1.82, 2.24) is 4.90 Å². The largest absolute Gasteiger partial charge is 0.468 e. The van der Waals surface area contributed by atoms with E-state index in [9.17, 15) is 4.79 Å². The van der Waals surface area contributed by atoms with Gasteiger partial charge in [0.1, 0.15) is 6.04 Å². The zero-order chi connectivity index (χ0) is 11.3. The van der Waals surface area contributed by atoms with Crippen LogP contribution in [-0.2, 0) is 14.3 Å². The zero-order valence-electron chi connectivity index (χ0n) is 9.44. The van der Waals surface area contributed by atoms with Crippen molar-refractivity contribution >= 4 is 5.97 Å². The molecule has 5 nitrogen and oxygen atoms in total. The van der Waals surface area contributed by atoms with Crippen molar-refractivity contribution in [1.29, 1.82) is 0 Å². The molecule has 0 spiro atoms. The first-order valence-electron chi connectivity index (χ1n) is 5.32. The van der Waals surface area contributed by atoms with Gasteiger partial charge in [-0.15, -0.1) is 0 Å². The van der Waals surface area contributed by atoms with Gasteiger partial charge < -0.3 is 15.2 Å². The minimum absolute atomic E-state index is 0.145. The second-order valence-electron chi connectivity index (χ2n) is 3.80.